The number of methoxy groups -OCH3 is 2. The average molecular weight is 493 g/mol. The largest absolute Gasteiger partial charge is 0.493 e. The Labute approximate surface area is 208 Å². The number of likely N-dealkylation sites (N-methyl/N-ethyl adjacent to an activating group) is 1. The zero-order valence-corrected chi connectivity index (χ0v) is 20.8. The summed E-state index contributed by atoms with van der Waals surface area (Å²) in [6.07, 6.45) is 3.31. The Hall–Kier alpha value is -3.43. The lowest BCUT2D eigenvalue weighted by atomic mass is 10.1. The van der Waals surface area contributed by atoms with Gasteiger partial charge in [-0.05, 0) is 55.8 Å². The van der Waals surface area contributed by atoms with E-state index in [1.54, 1.807) is 48.8 Å². The number of thiazole rings is 1. The van der Waals surface area contributed by atoms with Crippen LogP contribution >= 0.6 is 11.3 Å². The summed E-state index contributed by atoms with van der Waals surface area (Å²) in [7, 11) is 5.25. The highest BCUT2D eigenvalue weighted by atomic mass is 32.1. The number of amides is 2. The van der Waals surface area contributed by atoms with E-state index in [1.807, 2.05) is 12.1 Å². The van der Waals surface area contributed by atoms with Gasteiger partial charge in [0.1, 0.15) is 0 Å². The third kappa shape index (κ3) is 4.61. The summed E-state index contributed by atoms with van der Waals surface area (Å²) < 4.78 is 10.5. The van der Waals surface area contributed by atoms with Crippen LogP contribution in [0, 0.1) is 0 Å². The minimum Gasteiger partial charge on any atom is -0.493 e. The van der Waals surface area contributed by atoms with Gasteiger partial charge in [0.15, 0.2) is 16.6 Å². The summed E-state index contributed by atoms with van der Waals surface area (Å²) in [5.41, 5.74) is 2.93. The van der Waals surface area contributed by atoms with Crippen molar-refractivity contribution in [2.24, 2.45) is 0 Å². The second-order valence-electron chi connectivity index (χ2n) is 8.85. The van der Waals surface area contributed by atoms with Crippen molar-refractivity contribution in [3.05, 3.63) is 69.7 Å². The van der Waals surface area contributed by atoms with Crippen LogP contribution in [0.15, 0.2) is 42.5 Å². The molecule has 2 aliphatic rings. The van der Waals surface area contributed by atoms with Gasteiger partial charge in [-0.1, -0.05) is 23.5 Å². The van der Waals surface area contributed by atoms with Crippen LogP contribution in [0.3, 0.4) is 0 Å². The maximum Gasteiger partial charge on any atom is 0.257 e. The Kier molecular flexibility index (Phi) is 6.44. The molecule has 2 unspecified atom stereocenters. The lowest BCUT2D eigenvalue weighted by molar-refractivity contribution is 0.0950. The molecule has 2 amide bonds. The van der Waals surface area contributed by atoms with Gasteiger partial charge in [0.2, 0.25) is 0 Å². The van der Waals surface area contributed by atoms with Crippen molar-refractivity contribution in [3.63, 3.8) is 0 Å². The molecule has 2 N–H and O–H groups in total. The van der Waals surface area contributed by atoms with Gasteiger partial charge in [-0.2, -0.15) is 0 Å². The first-order valence-electron chi connectivity index (χ1n) is 11.6. The molecule has 9 heteroatoms. The van der Waals surface area contributed by atoms with Gasteiger partial charge in [0, 0.05) is 41.1 Å². The van der Waals surface area contributed by atoms with E-state index in [4.69, 9.17) is 14.5 Å². The van der Waals surface area contributed by atoms with Gasteiger partial charge >= 0.3 is 0 Å². The molecule has 3 aromatic rings. The zero-order valence-electron chi connectivity index (χ0n) is 20.0. The van der Waals surface area contributed by atoms with E-state index in [9.17, 15) is 9.59 Å². The number of anilines is 1. The number of carbonyl (C=O) groups excluding carboxylic acids is 2. The van der Waals surface area contributed by atoms with E-state index in [0.717, 1.165) is 24.1 Å². The Morgan fingerprint density at radius 3 is 2.66 bits per heavy atom. The highest BCUT2D eigenvalue weighted by Gasteiger charge is 2.39. The molecule has 1 aromatic heterocycles. The van der Waals surface area contributed by atoms with Crippen LogP contribution in [-0.2, 0) is 13.0 Å². The van der Waals surface area contributed by atoms with Crippen LogP contribution in [0.2, 0.25) is 0 Å². The summed E-state index contributed by atoms with van der Waals surface area (Å²) in [6, 6.07) is 13.2. The molecule has 3 heterocycles. The normalized spacial score (nSPS) is 18.6. The first kappa shape index (κ1) is 23.3. The average Bonchev–Trinajstić information content (AvgIpc) is 3.39. The molecule has 2 aliphatic heterocycles. The van der Waals surface area contributed by atoms with E-state index in [2.05, 4.69) is 22.6 Å². The number of aromatic nitrogens is 1. The van der Waals surface area contributed by atoms with Gasteiger partial charge in [-0.25, -0.2) is 4.98 Å². The first-order chi connectivity index (χ1) is 17.0. The molecule has 2 atom stereocenters. The van der Waals surface area contributed by atoms with Crippen LogP contribution in [0.4, 0.5) is 5.13 Å². The predicted molar refractivity (Wildman–Crippen MR) is 134 cm³/mol. The van der Waals surface area contributed by atoms with Gasteiger partial charge in [0.25, 0.3) is 11.8 Å². The zero-order chi connectivity index (χ0) is 24.5. The standard InChI is InChI=1S/C26H28N4O4S/c1-30-18-8-9-20(30)23-19(13-18)28-26(35-23)29-25(32)16-6-4-5-15(11-16)14-27-24(31)17-7-10-21(33-2)22(12-17)34-3/h4-7,10-12,18,20H,8-9,13-14H2,1-3H3,(H,27,31)(H,28,29,32). The fourth-order valence-electron chi connectivity index (χ4n) is 4.87. The third-order valence-corrected chi connectivity index (χ3v) is 7.92. The van der Waals surface area contributed by atoms with Gasteiger partial charge in [-0.3, -0.25) is 19.8 Å². The van der Waals surface area contributed by atoms with E-state index < -0.39 is 0 Å². The Balaban J connectivity index is 1.23. The SMILES string of the molecule is COc1ccc(C(=O)NCc2cccc(C(=O)Nc3nc4c(s3)C3CCC(C4)N3C)c2)cc1OC. The summed E-state index contributed by atoms with van der Waals surface area (Å²) in [5, 5.41) is 6.50. The van der Waals surface area contributed by atoms with Crippen LogP contribution in [0.25, 0.3) is 0 Å². The van der Waals surface area contributed by atoms with E-state index >= 15 is 0 Å². The summed E-state index contributed by atoms with van der Waals surface area (Å²) in [4.78, 5) is 34.0. The van der Waals surface area contributed by atoms with Crippen molar-refractivity contribution >= 4 is 28.3 Å². The predicted octanol–water partition coefficient (Wildman–Crippen LogP) is 4.03. The number of ether oxygens (including phenoxy) is 2. The number of nitrogens with zero attached hydrogens (tertiary/aromatic N) is 2. The number of hydrogen-bond donors (Lipinski definition) is 2. The first-order valence-corrected chi connectivity index (χ1v) is 12.4. The highest BCUT2D eigenvalue weighted by molar-refractivity contribution is 7.16. The molecule has 0 spiro atoms. The number of carbonyl (C=O) groups is 2. The molecular formula is C26H28N4O4S. The van der Waals surface area contributed by atoms with Gasteiger partial charge < -0.3 is 14.8 Å². The molecule has 0 saturated carbocycles. The lowest BCUT2D eigenvalue weighted by Gasteiger charge is -2.29. The highest BCUT2D eigenvalue weighted by Crippen LogP contribution is 2.45. The molecule has 2 bridgehead atoms. The van der Waals surface area contributed by atoms with Crippen LogP contribution in [0.5, 0.6) is 11.5 Å². The molecule has 8 nitrogen and oxygen atoms in total. The van der Waals surface area contributed by atoms with Gasteiger partial charge in [0.05, 0.1) is 19.9 Å². The Morgan fingerprint density at radius 1 is 1.06 bits per heavy atom. The van der Waals surface area contributed by atoms with Crippen molar-refractivity contribution in [2.45, 2.75) is 37.9 Å². The molecule has 35 heavy (non-hydrogen) atoms. The quantitative estimate of drug-likeness (QED) is 0.517. The number of benzene rings is 2. The fourth-order valence-corrected chi connectivity index (χ4v) is 6.05. The molecule has 5 rings (SSSR count). The van der Waals surface area contributed by atoms with Crippen LogP contribution in [0.1, 0.15) is 55.7 Å². The maximum absolute atomic E-state index is 12.9. The second-order valence-corrected chi connectivity index (χ2v) is 9.88. The summed E-state index contributed by atoms with van der Waals surface area (Å²) >= 11 is 1.58. The van der Waals surface area contributed by atoms with Crippen molar-refractivity contribution in [1.29, 1.82) is 0 Å². The van der Waals surface area contributed by atoms with E-state index in [0.29, 0.717) is 39.8 Å². The van der Waals surface area contributed by atoms with Crippen molar-refractivity contribution in [2.75, 3.05) is 26.6 Å². The molecule has 1 saturated heterocycles. The fraction of sp³-hybridized carbons (Fsp3) is 0.346. The van der Waals surface area contributed by atoms with Crippen molar-refractivity contribution < 1.29 is 19.1 Å². The smallest absolute Gasteiger partial charge is 0.257 e. The Bertz CT molecular complexity index is 1270. The minimum atomic E-state index is -0.242. The summed E-state index contributed by atoms with van der Waals surface area (Å²) in [6.45, 7) is 0.287. The molecule has 2 aromatic carbocycles. The monoisotopic (exact) mass is 492 g/mol. The minimum absolute atomic E-state index is 0.206. The molecule has 0 aliphatic carbocycles. The number of hydrogen-bond acceptors (Lipinski definition) is 7. The van der Waals surface area contributed by atoms with E-state index in [-0.39, 0.29) is 18.4 Å². The van der Waals surface area contributed by atoms with Crippen molar-refractivity contribution in [3.8, 4) is 11.5 Å². The third-order valence-electron chi connectivity index (χ3n) is 6.81. The second kappa shape index (κ2) is 9.67. The van der Waals surface area contributed by atoms with E-state index in [1.165, 1.54) is 18.4 Å². The number of nitrogens with one attached hydrogen (secondary N) is 2. The van der Waals surface area contributed by atoms with Crippen molar-refractivity contribution in [1.82, 2.24) is 15.2 Å². The Morgan fingerprint density at radius 2 is 1.86 bits per heavy atom. The van der Waals surface area contributed by atoms with Crippen LogP contribution < -0.4 is 20.1 Å². The molecule has 1 fully saturated rings. The number of fused-ring (bicyclic) bond motifs is 4. The van der Waals surface area contributed by atoms with Crippen LogP contribution in [-0.4, -0.2) is 49.0 Å². The topological polar surface area (TPSA) is 92.8 Å². The lowest BCUT2D eigenvalue weighted by Crippen LogP contribution is -2.33. The number of rotatable bonds is 7. The van der Waals surface area contributed by atoms with Gasteiger partial charge in [-0.15, -0.1) is 0 Å². The summed E-state index contributed by atoms with van der Waals surface area (Å²) in [5.74, 6) is 0.599. The molecular weight excluding hydrogens is 464 g/mol. The molecule has 0 radical (unpaired) electrons. The molecule has 182 valence electrons. The maximum atomic E-state index is 12.9.